The van der Waals surface area contributed by atoms with Crippen molar-refractivity contribution in [3.05, 3.63) is 93.4 Å². The van der Waals surface area contributed by atoms with E-state index in [1.807, 2.05) is 43.3 Å². The summed E-state index contributed by atoms with van der Waals surface area (Å²) in [7, 11) is 0. The molecule has 2 aromatic carbocycles. The zero-order valence-electron chi connectivity index (χ0n) is 17.9. The summed E-state index contributed by atoms with van der Waals surface area (Å²) in [5.74, 6) is 1.71. The first-order valence-corrected chi connectivity index (χ1v) is 10.9. The maximum absolute atomic E-state index is 9.40. The van der Waals surface area contributed by atoms with Crippen molar-refractivity contribution in [2.75, 3.05) is 0 Å². The molecule has 158 valence electrons. The number of aromatic nitrogens is 3. The van der Waals surface area contributed by atoms with E-state index in [1.165, 1.54) is 0 Å². The number of hydrogen-bond donors (Lipinski definition) is 0. The normalized spacial score (nSPS) is 13.9. The third-order valence-corrected chi connectivity index (χ3v) is 6.04. The van der Waals surface area contributed by atoms with Crippen molar-refractivity contribution in [2.45, 2.75) is 33.4 Å². The minimum absolute atomic E-state index is 0.458. The summed E-state index contributed by atoms with van der Waals surface area (Å²) in [6.07, 6.45) is 2.37. The number of hydrogen-bond acceptors (Lipinski definition) is 4. The smallest absolute Gasteiger partial charge is 0.162 e. The van der Waals surface area contributed by atoms with Gasteiger partial charge in [-0.3, -0.25) is 0 Å². The van der Waals surface area contributed by atoms with E-state index in [0.717, 1.165) is 62.7 Å². The Kier molecular flexibility index (Phi) is 5.16. The lowest BCUT2D eigenvalue weighted by molar-refractivity contribution is 0.307. The molecular formula is C26H21ClN4O. The predicted octanol–water partition coefficient (Wildman–Crippen LogP) is 5.85. The summed E-state index contributed by atoms with van der Waals surface area (Å²) in [6.45, 7) is 5.08. The first kappa shape index (κ1) is 20.3. The van der Waals surface area contributed by atoms with Crippen LogP contribution in [0, 0.1) is 18.3 Å². The number of aryl methyl sites for hydroxylation is 2. The molecule has 1 aliphatic rings. The molecule has 0 radical (unpaired) electrons. The van der Waals surface area contributed by atoms with Gasteiger partial charge in [0, 0.05) is 29.3 Å². The summed E-state index contributed by atoms with van der Waals surface area (Å²) in [5, 5.41) is 10.0. The van der Waals surface area contributed by atoms with Gasteiger partial charge in [0.1, 0.15) is 23.7 Å². The van der Waals surface area contributed by atoms with Crippen molar-refractivity contribution in [2.24, 2.45) is 0 Å². The number of nitrogens with zero attached hydrogens (tertiary/aromatic N) is 4. The second-order valence-electron chi connectivity index (χ2n) is 7.85. The maximum atomic E-state index is 9.40. The van der Waals surface area contributed by atoms with Crippen molar-refractivity contribution < 1.29 is 4.74 Å². The molecule has 0 amide bonds. The molecule has 0 saturated carbocycles. The molecule has 0 bridgehead atoms. The second-order valence-corrected chi connectivity index (χ2v) is 8.26. The summed E-state index contributed by atoms with van der Waals surface area (Å²) in [4.78, 5) is 9.43. The van der Waals surface area contributed by atoms with Crippen LogP contribution in [-0.2, 0) is 19.6 Å². The van der Waals surface area contributed by atoms with Gasteiger partial charge in [0.25, 0.3) is 0 Å². The van der Waals surface area contributed by atoms with E-state index >= 15 is 0 Å². The summed E-state index contributed by atoms with van der Waals surface area (Å²) in [5.41, 5.74) is 7.35. The van der Waals surface area contributed by atoms with Gasteiger partial charge in [0.2, 0.25) is 0 Å². The topological polar surface area (TPSA) is 63.7 Å². The highest BCUT2D eigenvalue weighted by Gasteiger charge is 2.20. The van der Waals surface area contributed by atoms with E-state index in [-0.39, 0.29) is 0 Å². The number of fused-ring (bicyclic) bond motifs is 3. The Labute approximate surface area is 191 Å². The standard InChI is InChI=1S/C26H21ClN4O/c1-3-24-30-25-22(27)12-16(2)29-26(25)31(24)14-17-8-9-21-20(10-11-28)19-7-5-4-6-18(19)15-32-23(21)13-17/h4-10,12-13H,3,14-15H2,1-2H3/b20-10+. The SMILES string of the molecule is CCc1nc2c(Cl)cc(C)nc2n1Cc1ccc2c(c1)OCc1ccccc1/C2=C\C#N. The number of benzene rings is 2. The minimum Gasteiger partial charge on any atom is -0.488 e. The Hall–Kier alpha value is -3.62. The lowest BCUT2D eigenvalue weighted by atomic mass is 9.93. The molecule has 0 saturated heterocycles. The van der Waals surface area contributed by atoms with Crippen LogP contribution >= 0.6 is 11.6 Å². The van der Waals surface area contributed by atoms with Crippen LogP contribution in [0.2, 0.25) is 5.02 Å². The Bertz CT molecular complexity index is 1430. The third-order valence-electron chi connectivity index (χ3n) is 5.76. The second kappa shape index (κ2) is 8.14. The van der Waals surface area contributed by atoms with Crippen LogP contribution in [0.4, 0.5) is 0 Å². The molecular weight excluding hydrogens is 420 g/mol. The Balaban J connectivity index is 1.59. The molecule has 0 spiro atoms. The van der Waals surface area contributed by atoms with Crippen LogP contribution in [0.25, 0.3) is 16.7 Å². The molecule has 0 aliphatic carbocycles. The van der Waals surface area contributed by atoms with Crippen LogP contribution in [0.3, 0.4) is 0 Å². The van der Waals surface area contributed by atoms with Gasteiger partial charge in [-0.2, -0.15) is 5.26 Å². The Morgan fingerprint density at radius 1 is 1.16 bits per heavy atom. The highest BCUT2D eigenvalue weighted by Crippen LogP contribution is 2.37. The highest BCUT2D eigenvalue weighted by molar-refractivity contribution is 6.34. The van der Waals surface area contributed by atoms with E-state index in [2.05, 4.69) is 29.7 Å². The van der Waals surface area contributed by atoms with Gasteiger partial charge in [-0.15, -0.1) is 0 Å². The molecule has 4 aromatic rings. The van der Waals surface area contributed by atoms with Gasteiger partial charge in [0.05, 0.1) is 17.6 Å². The fourth-order valence-electron chi connectivity index (χ4n) is 4.27. The van der Waals surface area contributed by atoms with Gasteiger partial charge in [-0.05, 0) is 35.7 Å². The van der Waals surface area contributed by atoms with Gasteiger partial charge >= 0.3 is 0 Å². The quantitative estimate of drug-likeness (QED) is 0.375. The van der Waals surface area contributed by atoms with Crippen LogP contribution in [-0.4, -0.2) is 14.5 Å². The summed E-state index contributed by atoms with van der Waals surface area (Å²) >= 11 is 6.44. The average molecular weight is 441 g/mol. The number of pyridine rings is 1. The monoisotopic (exact) mass is 440 g/mol. The number of rotatable bonds is 3. The van der Waals surface area contributed by atoms with Gasteiger partial charge in [-0.25, -0.2) is 9.97 Å². The number of nitriles is 1. The minimum atomic E-state index is 0.458. The van der Waals surface area contributed by atoms with Crippen molar-refractivity contribution in [3.8, 4) is 11.8 Å². The number of imidazole rings is 1. The predicted molar refractivity (Wildman–Crippen MR) is 126 cm³/mol. The molecule has 2 aromatic heterocycles. The summed E-state index contributed by atoms with van der Waals surface area (Å²) in [6, 6.07) is 18.2. The fraction of sp³-hybridized carbons (Fsp3) is 0.192. The molecule has 3 heterocycles. The largest absolute Gasteiger partial charge is 0.488 e. The van der Waals surface area contributed by atoms with E-state index in [1.54, 1.807) is 6.08 Å². The van der Waals surface area contributed by atoms with Crippen LogP contribution in [0.5, 0.6) is 5.75 Å². The van der Waals surface area contributed by atoms with E-state index in [0.29, 0.717) is 18.2 Å². The molecule has 0 unspecified atom stereocenters. The van der Waals surface area contributed by atoms with Crippen LogP contribution in [0.1, 0.15) is 40.7 Å². The fourth-order valence-corrected chi connectivity index (χ4v) is 4.55. The molecule has 32 heavy (non-hydrogen) atoms. The highest BCUT2D eigenvalue weighted by atomic mass is 35.5. The zero-order valence-corrected chi connectivity index (χ0v) is 18.6. The molecule has 5 rings (SSSR count). The lowest BCUT2D eigenvalue weighted by Crippen LogP contribution is -2.06. The Morgan fingerprint density at radius 2 is 2.00 bits per heavy atom. The van der Waals surface area contributed by atoms with Crippen molar-refractivity contribution >= 4 is 28.3 Å². The van der Waals surface area contributed by atoms with E-state index < -0.39 is 0 Å². The van der Waals surface area contributed by atoms with Gasteiger partial charge < -0.3 is 9.30 Å². The first-order chi connectivity index (χ1) is 15.6. The van der Waals surface area contributed by atoms with Crippen LogP contribution in [0.15, 0.2) is 54.6 Å². The molecule has 0 fully saturated rings. The molecule has 1 aliphatic heterocycles. The molecule has 5 nitrogen and oxygen atoms in total. The van der Waals surface area contributed by atoms with Crippen LogP contribution < -0.4 is 4.74 Å². The summed E-state index contributed by atoms with van der Waals surface area (Å²) < 4.78 is 8.30. The zero-order chi connectivity index (χ0) is 22.2. The van der Waals surface area contributed by atoms with Crippen molar-refractivity contribution in [1.82, 2.24) is 14.5 Å². The molecule has 0 N–H and O–H groups in total. The third kappa shape index (κ3) is 3.43. The molecule has 0 atom stereocenters. The average Bonchev–Trinajstić information content (AvgIpc) is 3.06. The Morgan fingerprint density at radius 3 is 2.81 bits per heavy atom. The van der Waals surface area contributed by atoms with Gasteiger partial charge in [0.15, 0.2) is 5.65 Å². The molecule has 6 heteroatoms. The van der Waals surface area contributed by atoms with Crippen molar-refractivity contribution in [1.29, 1.82) is 5.26 Å². The number of halogens is 1. The number of allylic oxidation sites excluding steroid dienone is 1. The van der Waals surface area contributed by atoms with Crippen molar-refractivity contribution in [3.63, 3.8) is 0 Å². The lowest BCUT2D eigenvalue weighted by Gasteiger charge is -2.13. The maximum Gasteiger partial charge on any atom is 0.162 e. The first-order valence-electron chi connectivity index (χ1n) is 10.6. The number of ether oxygens (including phenoxy) is 1. The van der Waals surface area contributed by atoms with E-state index in [4.69, 9.17) is 26.3 Å². The van der Waals surface area contributed by atoms with Gasteiger partial charge in [-0.1, -0.05) is 54.9 Å². The van der Waals surface area contributed by atoms with E-state index in [9.17, 15) is 5.26 Å².